The molecule has 0 amide bonds. The summed E-state index contributed by atoms with van der Waals surface area (Å²) < 4.78 is 99.2. The van der Waals surface area contributed by atoms with Crippen LogP contribution in [0.25, 0.3) is 0 Å². The first-order chi connectivity index (χ1) is 26.6. The van der Waals surface area contributed by atoms with Crippen molar-refractivity contribution in [3.63, 3.8) is 0 Å². The summed E-state index contributed by atoms with van der Waals surface area (Å²) in [4.78, 5) is 4.53. The summed E-state index contributed by atoms with van der Waals surface area (Å²) in [5, 5.41) is 56.4. The number of aromatic hydroxyl groups is 1. The molecule has 1 aliphatic rings. The first-order valence-electron chi connectivity index (χ1n) is 14.8. The number of aliphatic hydroxyl groups is 2. The summed E-state index contributed by atoms with van der Waals surface area (Å²) in [6.07, 6.45) is 2.44. The van der Waals surface area contributed by atoms with Gasteiger partial charge in [-0.3, -0.25) is 13.7 Å². The van der Waals surface area contributed by atoms with Crippen LogP contribution < -0.4 is 5.32 Å². The van der Waals surface area contributed by atoms with Crippen molar-refractivity contribution in [3.05, 3.63) is 116 Å². The van der Waals surface area contributed by atoms with Crippen LogP contribution in [0.15, 0.2) is 136 Å². The van der Waals surface area contributed by atoms with E-state index in [9.17, 15) is 54.2 Å². The van der Waals surface area contributed by atoms with Gasteiger partial charge in [0.15, 0.2) is 16.7 Å². The molecule has 0 bridgehead atoms. The molecule has 1 aliphatic carbocycles. The fraction of sp³-hybridized carbons (Fsp3) is 0. The van der Waals surface area contributed by atoms with Crippen molar-refractivity contribution in [2.75, 3.05) is 5.32 Å². The predicted molar refractivity (Wildman–Crippen MR) is 205 cm³/mol. The summed E-state index contributed by atoms with van der Waals surface area (Å²) in [7, 11) is -15.2. The second-order valence-electron chi connectivity index (χ2n) is 10.8. The lowest BCUT2D eigenvalue weighted by molar-refractivity contribution is 0.189. The SMILES string of the molecule is O=S(=O)(O)C1=CC(=C(O)O)/C(=N/N=C(\N=Nc2cc(S(=O)(=O)O)cc(S(=O)(=O)O)c2O)c2cccc(N=Nc3cccc(Nc4nc(Cl)nc(Cl)c4Cl)c3)c2)C=C1. The van der Waals surface area contributed by atoms with Crippen LogP contribution in [-0.2, 0) is 30.4 Å². The van der Waals surface area contributed by atoms with Crippen molar-refractivity contribution in [1.29, 1.82) is 0 Å². The maximum Gasteiger partial charge on any atom is 0.298 e. The van der Waals surface area contributed by atoms with E-state index < -0.39 is 79.6 Å². The Morgan fingerprint density at radius 3 is 2.05 bits per heavy atom. The van der Waals surface area contributed by atoms with Crippen LogP contribution in [-0.4, -0.2) is 75.7 Å². The van der Waals surface area contributed by atoms with Crippen LogP contribution in [0.5, 0.6) is 5.75 Å². The smallest absolute Gasteiger partial charge is 0.298 e. The fourth-order valence-corrected chi connectivity index (χ4v) is 6.60. The van der Waals surface area contributed by atoms with Gasteiger partial charge in [0.2, 0.25) is 11.1 Å². The van der Waals surface area contributed by atoms with E-state index in [-0.39, 0.29) is 38.6 Å². The number of aliphatic hydroxyl groups excluding tert-OH is 1. The molecule has 5 rings (SSSR count). The highest BCUT2D eigenvalue weighted by atomic mass is 35.5. The van der Waals surface area contributed by atoms with Crippen LogP contribution in [0.1, 0.15) is 5.56 Å². The molecular weight excluding hydrogens is 881 g/mol. The van der Waals surface area contributed by atoms with Crippen molar-refractivity contribution < 1.29 is 54.2 Å². The maximum absolute atomic E-state index is 11.9. The Morgan fingerprint density at radius 1 is 0.754 bits per heavy atom. The molecule has 0 unspecified atom stereocenters. The normalized spacial score (nSPS) is 14.8. The molecule has 296 valence electrons. The zero-order chi connectivity index (χ0) is 41.9. The summed E-state index contributed by atoms with van der Waals surface area (Å²) in [6, 6.07) is 12.8. The van der Waals surface area contributed by atoms with Gasteiger partial charge < -0.3 is 20.6 Å². The summed E-state index contributed by atoms with van der Waals surface area (Å²) in [5.74, 6) is -3.16. The topological polar surface area (TPSA) is 336 Å². The molecule has 4 aromatic rings. The first-order valence-corrected chi connectivity index (χ1v) is 20.2. The lowest BCUT2D eigenvalue weighted by Gasteiger charge is -2.09. The van der Waals surface area contributed by atoms with Gasteiger partial charge in [0.1, 0.15) is 21.3 Å². The van der Waals surface area contributed by atoms with Gasteiger partial charge in [-0.25, -0.2) is 4.98 Å². The number of allylic oxidation sites excluding steroid dienone is 4. The van der Waals surface area contributed by atoms with E-state index in [0.717, 1.165) is 12.2 Å². The van der Waals surface area contributed by atoms with E-state index in [2.05, 4.69) is 45.9 Å². The van der Waals surface area contributed by atoms with Gasteiger partial charge in [-0.05, 0) is 72.3 Å². The second kappa shape index (κ2) is 16.8. The highest BCUT2D eigenvalue weighted by molar-refractivity contribution is 7.90. The third-order valence-corrected chi connectivity index (χ3v) is 10.3. The van der Waals surface area contributed by atoms with Gasteiger partial charge in [-0.1, -0.05) is 41.4 Å². The zero-order valence-corrected chi connectivity index (χ0v) is 32.3. The number of anilines is 2. The van der Waals surface area contributed by atoms with Crippen molar-refractivity contribution >= 4 is 105 Å². The molecule has 0 saturated carbocycles. The van der Waals surface area contributed by atoms with Gasteiger partial charge in [-0.2, -0.15) is 40.5 Å². The molecule has 1 aromatic heterocycles. The number of amidine groups is 1. The number of azo groups is 2. The largest absolute Gasteiger partial charge is 0.504 e. The van der Waals surface area contributed by atoms with Crippen molar-refractivity contribution in [2.45, 2.75) is 9.79 Å². The van der Waals surface area contributed by atoms with Crippen LogP contribution in [0.3, 0.4) is 0 Å². The van der Waals surface area contributed by atoms with E-state index in [1.165, 1.54) is 24.3 Å². The van der Waals surface area contributed by atoms with E-state index >= 15 is 0 Å². The Hall–Kier alpha value is -5.70. The van der Waals surface area contributed by atoms with Gasteiger partial charge >= 0.3 is 0 Å². The quantitative estimate of drug-likeness (QED) is 0.0120. The van der Waals surface area contributed by atoms with Crippen molar-refractivity contribution in [2.24, 2.45) is 30.7 Å². The average molecular weight is 901 g/mol. The van der Waals surface area contributed by atoms with E-state index in [1.54, 1.807) is 24.3 Å². The molecule has 0 fully saturated rings. The number of nitrogens with one attached hydrogen (secondary N) is 1. The molecule has 27 heteroatoms. The average Bonchev–Trinajstić information content (AvgIpc) is 3.12. The fourth-order valence-electron chi connectivity index (χ4n) is 4.35. The van der Waals surface area contributed by atoms with Gasteiger partial charge in [0.05, 0.1) is 26.7 Å². The highest BCUT2D eigenvalue weighted by Gasteiger charge is 2.25. The standard InChI is InChI=1S/C30H20Cl3N9O12S3/c31-24-26(32)35-30(33)36-28(24)34-15-4-2-6-17(10-15)38-37-16-5-1-3-14(9-16)27(41-39-21-8-7-18(55(46,47)48)11-20(21)29(44)45)42-40-22-12-19(56(49,50)51)13-23(25(22)43)57(52,53)54/h1-13,43-45H,(H,34,35,36)(H,46,47,48)(H,49,50,51)(H,52,53,54)/b38-37?,39-21+,41-27-,42-40?. The Bertz CT molecular complexity index is 2880. The van der Waals surface area contributed by atoms with Crippen molar-refractivity contribution in [1.82, 2.24) is 9.97 Å². The molecule has 0 spiro atoms. The number of hydrogen-bond donors (Lipinski definition) is 7. The van der Waals surface area contributed by atoms with E-state index in [0.29, 0.717) is 23.5 Å². The minimum Gasteiger partial charge on any atom is -0.504 e. The zero-order valence-electron chi connectivity index (χ0n) is 27.6. The second-order valence-corrected chi connectivity index (χ2v) is 16.1. The van der Waals surface area contributed by atoms with Gasteiger partial charge in [0.25, 0.3) is 36.3 Å². The lowest BCUT2D eigenvalue weighted by Crippen LogP contribution is -2.10. The minimum atomic E-state index is -5.30. The van der Waals surface area contributed by atoms with E-state index in [1.807, 2.05) is 0 Å². The molecule has 0 atom stereocenters. The van der Waals surface area contributed by atoms with Crippen LogP contribution in [0, 0.1) is 0 Å². The third kappa shape index (κ3) is 10.8. The molecule has 0 aliphatic heterocycles. The number of aromatic nitrogens is 2. The Morgan fingerprint density at radius 2 is 1.42 bits per heavy atom. The predicted octanol–water partition coefficient (Wildman–Crippen LogP) is 7.35. The number of hydrogen-bond acceptors (Lipinski definition) is 17. The lowest BCUT2D eigenvalue weighted by atomic mass is 10.1. The van der Waals surface area contributed by atoms with Crippen molar-refractivity contribution in [3.8, 4) is 5.75 Å². The number of nitrogens with zero attached hydrogens (tertiary/aromatic N) is 8. The summed E-state index contributed by atoms with van der Waals surface area (Å²) in [6.45, 7) is 0. The molecule has 7 N–H and O–H groups in total. The Labute approximate surface area is 335 Å². The molecule has 57 heavy (non-hydrogen) atoms. The molecule has 0 radical (unpaired) electrons. The van der Waals surface area contributed by atoms with Gasteiger partial charge in [-0.15, -0.1) is 20.4 Å². The monoisotopic (exact) mass is 899 g/mol. The van der Waals surface area contributed by atoms with Crippen LogP contribution in [0.4, 0.5) is 28.6 Å². The Kier molecular flexibility index (Phi) is 12.5. The number of benzene rings is 3. The number of phenolic OH excluding ortho intramolecular Hbond substituents is 1. The summed E-state index contributed by atoms with van der Waals surface area (Å²) in [5.41, 5.74) is -1.07. The first kappa shape index (κ1) is 42.4. The Balaban J connectivity index is 1.58. The van der Waals surface area contributed by atoms with Gasteiger partial charge in [0, 0.05) is 11.3 Å². The van der Waals surface area contributed by atoms with Crippen LogP contribution in [0.2, 0.25) is 15.5 Å². The maximum atomic E-state index is 11.9. The molecule has 3 aromatic carbocycles. The van der Waals surface area contributed by atoms with E-state index in [4.69, 9.17) is 34.8 Å². The number of halogens is 3. The number of rotatable bonds is 10. The molecular formula is C30H20Cl3N9O12S3. The highest BCUT2D eigenvalue weighted by Crippen LogP contribution is 2.37. The van der Waals surface area contributed by atoms with Crippen LogP contribution >= 0.6 is 34.8 Å². The molecule has 1 heterocycles. The molecule has 21 nitrogen and oxygen atoms in total. The third-order valence-electron chi connectivity index (χ3n) is 6.89. The molecule has 0 saturated heterocycles. The summed E-state index contributed by atoms with van der Waals surface area (Å²) >= 11 is 18.0. The number of phenols is 1. The minimum absolute atomic E-state index is 0.00381.